The van der Waals surface area contributed by atoms with Crippen LogP contribution in [0.4, 0.5) is 0 Å². The van der Waals surface area contributed by atoms with E-state index in [9.17, 15) is 39.0 Å². The third-order valence-corrected chi connectivity index (χ3v) is 5.64. The molecule has 32 heavy (non-hydrogen) atoms. The predicted molar refractivity (Wildman–Crippen MR) is 106 cm³/mol. The molecule has 2 heterocycles. The molecule has 0 radical (unpaired) electrons. The van der Waals surface area contributed by atoms with Crippen molar-refractivity contribution in [3.8, 4) is 0 Å². The maximum atomic E-state index is 12.9. The van der Waals surface area contributed by atoms with E-state index in [-0.39, 0.29) is 38.8 Å². The van der Waals surface area contributed by atoms with E-state index in [1.807, 2.05) is 0 Å². The molecule has 3 amide bonds. The van der Waals surface area contributed by atoms with Crippen LogP contribution in [0.5, 0.6) is 0 Å². The molecule has 0 aromatic rings. The highest BCUT2D eigenvalue weighted by molar-refractivity contribution is 5.96. The lowest BCUT2D eigenvalue weighted by atomic mass is 10.1. The second-order valence-electron chi connectivity index (χ2n) is 7.92. The zero-order valence-corrected chi connectivity index (χ0v) is 17.4. The first-order valence-corrected chi connectivity index (χ1v) is 10.4. The summed E-state index contributed by atoms with van der Waals surface area (Å²) in [5, 5.41) is 29.6. The highest BCUT2D eigenvalue weighted by Crippen LogP contribution is 2.22. The van der Waals surface area contributed by atoms with Crippen LogP contribution in [0.1, 0.15) is 44.9 Å². The Kier molecular flexibility index (Phi) is 8.52. The molecule has 2 aliphatic rings. The highest BCUT2D eigenvalue weighted by atomic mass is 16.4. The van der Waals surface area contributed by atoms with E-state index < -0.39 is 66.2 Å². The van der Waals surface area contributed by atoms with Crippen molar-refractivity contribution in [3.05, 3.63) is 0 Å². The molecule has 0 aromatic heterocycles. The van der Waals surface area contributed by atoms with E-state index in [2.05, 4.69) is 5.32 Å². The molecule has 0 spiro atoms. The zero-order valence-electron chi connectivity index (χ0n) is 17.4. The molecule has 2 fully saturated rings. The summed E-state index contributed by atoms with van der Waals surface area (Å²) >= 11 is 0. The van der Waals surface area contributed by atoms with Gasteiger partial charge in [-0.05, 0) is 32.1 Å². The van der Waals surface area contributed by atoms with Crippen LogP contribution in [-0.4, -0.2) is 98.0 Å². The molecule has 4 atom stereocenters. The summed E-state index contributed by atoms with van der Waals surface area (Å²) in [6, 6.07) is -4.68. The first-order chi connectivity index (χ1) is 15.0. The number of aliphatic carboxylic acids is 3. The molecule has 0 aliphatic carbocycles. The number of hydrogen-bond donors (Lipinski definition) is 5. The van der Waals surface area contributed by atoms with Gasteiger partial charge in [0.25, 0.3) is 0 Å². The first kappa shape index (κ1) is 25.0. The summed E-state index contributed by atoms with van der Waals surface area (Å²) < 4.78 is 0. The van der Waals surface area contributed by atoms with Crippen molar-refractivity contribution in [2.75, 3.05) is 13.1 Å². The van der Waals surface area contributed by atoms with Gasteiger partial charge in [-0.25, -0.2) is 4.79 Å². The van der Waals surface area contributed by atoms with E-state index in [1.165, 1.54) is 4.90 Å². The first-order valence-electron chi connectivity index (χ1n) is 10.4. The van der Waals surface area contributed by atoms with Crippen LogP contribution in [0, 0.1) is 0 Å². The van der Waals surface area contributed by atoms with Crippen molar-refractivity contribution in [1.29, 1.82) is 0 Å². The van der Waals surface area contributed by atoms with Crippen molar-refractivity contribution in [2.24, 2.45) is 5.73 Å². The quantitative estimate of drug-likeness (QED) is 0.249. The largest absolute Gasteiger partial charge is 0.481 e. The Labute approximate surface area is 183 Å². The fourth-order valence-electron chi connectivity index (χ4n) is 4.05. The van der Waals surface area contributed by atoms with Gasteiger partial charge in [0.1, 0.15) is 18.1 Å². The Balaban J connectivity index is 2.10. The van der Waals surface area contributed by atoms with Crippen molar-refractivity contribution >= 4 is 35.6 Å². The number of carbonyl (C=O) groups is 6. The van der Waals surface area contributed by atoms with Crippen LogP contribution >= 0.6 is 0 Å². The van der Waals surface area contributed by atoms with Gasteiger partial charge in [-0.3, -0.25) is 24.0 Å². The smallest absolute Gasteiger partial charge is 0.326 e. The normalized spacial score (nSPS) is 22.3. The van der Waals surface area contributed by atoms with E-state index in [0.717, 1.165) is 4.90 Å². The molecule has 13 nitrogen and oxygen atoms in total. The average molecular weight is 456 g/mol. The Morgan fingerprint density at radius 2 is 1.44 bits per heavy atom. The van der Waals surface area contributed by atoms with Gasteiger partial charge in [0.2, 0.25) is 17.7 Å². The van der Waals surface area contributed by atoms with E-state index in [4.69, 9.17) is 10.8 Å². The molecular weight excluding hydrogens is 428 g/mol. The van der Waals surface area contributed by atoms with Crippen LogP contribution in [0.15, 0.2) is 0 Å². The molecule has 2 saturated heterocycles. The molecule has 13 heteroatoms. The van der Waals surface area contributed by atoms with Gasteiger partial charge in [-0.2, -0.15) is 0 Å². The Hall–Kier alpha value is -3.22. The maximum absolute atomic E-state index is 12.9. The number of nitrogens with two attached hydrogens (primary N) is 1. The fraction of sp³-hybridized carbons (Fsp3) is 0.684. The third-order valence-electron chi connectivity index (χ3n) is 5.64. The second kappa shape index (κ2) is 10.9. The number of carboxylic acid groups (broad SMARTS) is 3. The van der Waals surface area contributed by atoms with E-state index in [1.54, 1.807) is 0 Å². The number of hydrogen-bond acceptors (Lipinski definition) is 7. The summed E-state index contributed by atoms with van der Waals surface area (Å²) in [7, 11) is 0. The molecule has 178 valence electrons. The van der Waals surface area contributed by atoms with Crippen molar-refractivity contribution in [2.45, 2.75) is 69.1 Å². The number of likely N-dealkylation sites (tertiary alicyclic amines) is 2. The van der Waals surface area contributed by atoms with Crippen molar-refractivity contribution < 1.29 is 44.1 Å². The summed E-state index contributed by atoms with van der Waals surface area (Å²) in [4.78, 5) is 73.9. The lowest BCUT2D eigenvalue weighted by Crippen LogP contribution is -2.57. The van der Waals surface area contributed by atoms with Crippen LogP contribution in [0.25, 0.3) is 0 Å². The summed E-state index contributed by atoms with van der Waals surface area (Å²) in [6.45, 7) is 0.344. The molecule has 0 saturated carbocycles. The Morgan fingerprint density at radius 3 is 1.97 bits per heavy atom. The Bertz CT molecular complexity index is 787. The summed E-state index contributed by atoms with van der Waals surface area (Å²) in [6.07, 6.45) is 0.243. The fourth-order valence-corrected chi connectivity index (χ4v) is 4.05. The highest BCUT2D eigenvalue weighted by Gasteiger charge is 2.41. The van der Waals surface area contributed by atoms with Gasteiger partial charge in [0.15, 0.2) is 0 Å². The number of carboxylic acids is 3. The zero-order chi connectivity index (χ0) is 24.0. The lowest BCUT2D eigenvalue weighted by Gasteiger charge is -2.30. The second-order valence-corrected chi connectivity index (χ2v) is 7.92. The topological polar surface area (TPSA) is 208 Å². The Morgan fingerprint density at radius 1 is 0.875 bits per heavy atom. The third kappa shape index (κ3) is 6.15. The van der Waals surface area contributed by atoms with Crippen LogP contribution in [0.3, 0.4) is 0 Å². The standard InChI is InChI=1S/C19H28N4O9/c20-10(5-6-14(24)25)17(29)22-7-1-3-12(22)16(28)21-11(9-15(26)27)18(30)23-8-2-4-13(23)19(31)32/h10-13H,1-9,20H2,(H,21,28)(H,24,25)(H,26,27)(H,31,32). The number of carbonyl (C=O) groups excluding carboxylic acids is 3. The van der Waals surface area contributed by atoms with Gasteiger partial charge in [-0.1, -0.05) is 0 Å². The van der Waals surface area contributed by atoms with E-state index in [0.29, 0.717) is 12.8 Å². The summed E-state index contributed by atoms with van der Waals surface area (Å²) in [5.74, 6) is -5.83. The van der Waals surface area contributed by atoms with Gasteiger partial charge in [-0.15, -0.1) is 0 Å². The van der Waals surface area contributed by atoms with Gasteiger partial charge in [0.05, 0.1) is 12.5 Å². The maximum Gasteiger partial charge on any atom is 0.326 e. The van der Waals surface area contributed by atoms with E-state index >= 15 is 0 Å². The van der Waals surface area contributed by atoms with Gasteiger partial charge < -0.3 is 36.2 Å². The van der Waals surface area contributed by atoms with Crippen LogP contribution in [-0.2, 0) is 28.8 Å². The number of nitrogens with zero attached hydrogens (tertiary/aromatic N) is 2. The molecule has 0 bridgehead atoms. The minimum atomic E-state index is -1.49. The lowest BCUT2D eigenvalue weighted by molar-refractivity contribution is -0.151. The molecule has 2 rings (SSSR count). The predicted octanol–water partition coefficient (Wildman–Crippen LogP) is -1.80. The number of amides is 3. The molecule has 4 unspecified atom stereocenters. The van der Waals surface area contributed by atoms with Crippen LogP contribution in [0.2, 0.25) is 0 Å². The minimum Gasteiger partial charge on any atom is -0.481 e. The molecule has 2 aliphatic heterocycles. The SMILES string of the molecule is NC(CCC(=O)O)C(=O)N1CCCC1C(=O)NC(CC(=O)O)C(=O)N1CCCC1C(=O)O. The molecule has 0 aromatic carbocycles. The molecule has 6 N–H and O–H groups in total. The molecular formula is C19H28N4O9. The van der Waals surface area contributed by atoms with Crippen LogP contribution < -0.4 is 11.1 Å². The van der Waals surface area contributed by atoms with Gasteiger partial charge >= 0.3 is 17.9 Å². The number of rotatable bonds is 10. The monoisotopic (exact) mass is 456 g/mol. The van der Waals surface area contributed by atoms with Crippen molar-refractivity contribution in [3.63, 3.8) is 0 Å². The summed E-state index contributed by atoms with van der Waals surface area (Å²) in [5.41, 5.74) is 5.77. The average Bonchev–Trinajstić information content (AvgIpc) is 3.39. The minimum absolute atomic E-state index is 0.106. The number of nitrogens with one attached hydrogen (secondary N) is 1. The van der Waals surface area contributed by atoms with Gasteiger partial charge in [0, 0.05) is 19.5 Å². The van der Waals surface area contributed by atoms with Crippen molar-refractivity contribution in [1.82, 2.24) is 15.1 Å².